The van der Waals surface area contributed by atoms with Crippen molar-refractivity contribution < 1.29 is 9.13 Å². The number of hydrogen-bond acceptors (Lipinski definition) is 3. The minimum Gasteiger partial charge on any atom is -0.389 e. The van der Waals surface area contributed by atoms with Gasteiger partial charge in [-0.15, -0.1) is 0 Å². The van der Waals surface area contributed by atoms with Crippen LogP contribution in [0.25, 0.3) is 0 Å². The Kier molecular flexibility index (Phi) is 4.42. The van der Waals surface area contributed by atoms with E-state index in [0.29, 0.717) is 17.9 Å². The van der Waals surface area contributed by atoms with Crippen LogP contribution in [-0.2, 0) is 4.74 Å². The molecule has 5 heteroatoms. The highest BCUT2D eigenvalue weighted by molar-refractivity contribution is 7.80. The van der Waals surface area contributed by atoms with Crippen LogP contribution in [0.4, 0.5) is 10.1 Å². The Morgan fingerprint density at radius 2 is 2.18 bits per heavy atom. The molecular formula is C12H17FN2OS. The van der Waals surface area contributed by atoms with Crippen LogP contribution >= 0.6 is 12.2 Å². The van der Waals surface area contributed by atoms with Gasteiger partial charge >= 0.3 is 0 Å². The lowest BCUT2D eigenvalue weighted by atomic mass is 10.1. The zero-order valence-corrected chi connectivity index (χ0v) is 11.0. The lowest BCUT2D eigenvalue weighted by Crippen LogP contribution is -2.36. The number of rotatable bonds is 5. The third kappa shape index (κ3) is 3.94. The molecule has 0 aliphatic rings. The van der Waals surface area contributed by atoms with Crippen molar-refractivity contribution in [2.45, 2.75) is 19.4 Å². The fourth-order valence-corrected chi connectivity index (χ4v) is 1.66. The van der Waals surface area contributed by atoms with Gasteiger partial charge in [0.25, 0.3) is 0 Å². The molecule has 94 valence electrons. The zero-order chi connectivity index (χ0) is 13.1. The zero-order valence-electron chi connectivity index (χ0n) is 10.2. The van der Waals surface area contributed by atoms with Gasteiger partial charge in [-0.25, -0.2) is 4.39 Å². The van der Waals surface area contributed by atoms with Crippen molar-refractivity contribution >= 4 is 22.9 Å². The van der Waals surface area contributed by atoms with Gasteiger partial charge in [-0.3, -0.25) is 0 Å². The fraction of sp³-hybridized carbons (Fsp3) is 0.417. The summed E-state index contributed by atoms with van der Waals surface area (Å²) in [5.74, 6) is -0.375. The SMILES string of the molecule is COCC(C)(C)Nc1ccc(C(N)=S)cc1F. The van der Waals surface area contributed by atoms with Crippen molar-refractivity contribution in [3.63, 3.8) is 0 Å². The van der Waals surface area contributed by atoms with Gasteiger partial charge in [0, 0.05) is 12.7 Å². The molecule has 17 heavy (non-hydrogen) atoms. The molecule has 0 saturated heterocycles. The second-order valence-electron chi connectivity index (χ2n) is 4.50. The van der Waals surface area contributed by atoms with Crippen LogP contribution < -0.4 is 11.1 Å². The summed E-state index contributed by atoms with van der Waals surface area (Å²) >= 11 is 4.79. The van der Waals surface area contributed by atoms with Crippen molar-refractivity contribution in [3.05, 3.63) is 29.6 Å². The first-order valence-electron chi connectivity index (χ1n) is 5.22. The number of ether oxygens (including phenoxy) is 1. The van der Waals surface area contributed by atoms with E-state index in [9.17, 15) is 4.39 Å². The van der Waals surface area contributed by atoms with E-state index in [-0.39, 0.29) is 16.3 Å². The molecule has 1 rings (SSSR count). The topological polar surface area (TPSA) is 47.3 Å². The standard InChI is InChI=1S/C12H17FN2OS/c1-12(2,7-16-3)15-10-5-4-8(11(14)17)6-9(10)13/h4-6,15H,7H2,1-3H3,(H2,14,17). The van der Waals surface area contributed by atoms with Crippen molar-refractivity contribution in [2.75, 3.05) is 19.0 Å². The molecular weight excluding hydrogens is 239 g/mol. The summed E-state index contributed by atoms with van der Waals surface area (Å²) < 4.78 is 18.8. The lowest BCUT2D eigenvalue weighted by Gasteiger charge is -2.26. The lowest BCUT2D eigenvalue weighted by molar-refractivity contribution is 0.158. The number of nitrogens with two attached hydrogens (primary N) is 1. The Balaban J connectivity index is 2.90. The van der Waals surface area contributed by atoms with Crippen LogP contribution in [-0.4, -0.2) is 24.2 Å². The summed E-state index contributed by atoms with van der Waals surface area (Å²) in [5, 5.41) is 3.07. The molecule has 3 nitrogen and oxygen atoms in total. The molecule has 1 aromatic carbocycles. The molecule has 1 aromatic rings. The third-order valence-electron chi connectivity index (χ3n) is 2.23. The van der Waals surface area contributed by atoms with E-state index < -0.39 is 0 Å². The van der Waals surface area contributed by atoms with Crippen LogP contribution in [0.15, 0.2) is 18.2 Å². The number of nitrogens with one attached hydrogen (secondary N) is 1. The number of benzene rings is 1. The van der Waals surface area contributed by atoms with E-state index in [1.165, 1.54) is 6.07 Å². The van der Waals surface area contributed by atoms with Gasteiger partial charge in [-0.05, 0) is 32.0 Å². The maximum absolute atomic E-state index is 13.8. The third-order valence-corrected chi connectivity index (χ3v) is 2.47. The number of hydrogen-bond donors (Lipinski definition) is 2. The molecule has 3 N–H and O–H groups in total. The van der Waals surface area contributed by atoms with Crippen LogP contribution in [0.2, 0.25) is 0 Å². The van der Waals surface area contributed by atoms with E-state index in [0.717, 1.165) is 0 Å². The highest BCUT2D eigenvalue weighted by atomic mass is 32.1. The van der Waals surface area contributed by atoms with Crippen molar-refractivity contribution in [3.8, 4) is 0 Å². The van der Waals surface area contributed by atoms with Gasteiger partial charge in [0.1, 0.15) is 10.8 Å². The molecule has 0 unspecified atom stereocenters. The summed E-state index contributed by atoms with van der Waals surface area (Å²) in [6.45, 7) is 4.33. The Hall–Kier alpha value is -1.20. The molecule has 0 bridgehead atoms. The Bertz CT molecular complexity index is 421. The molecule has 0 saturated carbocycles. The summed E-state index contributed by atoms with van der Waals surface area (Å²) in [6, 6.07) is 4.64. The van der Waals surface area contributed by atoms with Crippen LogP contribution in [0.1, 0.15) is 19.4 Å². The number of thiocarbonyl (C=S) groups is 1. The quantitative estimate of drug-likeness (QED) is 0.794. The van der Waals surface area contributed by atoms with E-state index in [1.807, 2.05) is 13.8 Å². The molecule has 0 aromatic heterocycles. The second kappa shape index (κ2) is 5.42. The molecule has 0 aliphatic heterocycles. The Morgan fingerprint density at radius 1 is 1.53 bits per heavy atom. The molecule has 0 fully saturated rings. The molecule has 0 aliphatic carbocycles. The van der Waals surface area contributed by atoms with Crippen LogP contribution in [0.5, 0.6) is 0 Å². The smallest absolute Gasteiger partial charge is 0.147 e. The van der Waals surface area contributed by atoms with Crippen molar-refractivity contribution in [1.29, 1.82) is 0 Å². The summed E-state index contributed by atoms with van der Waals surface area (Å²) in [4.78, 5) is 0.187. The second-order valence-corrected chi connectivity index (χ2v) is 4.94. The Labute approximate surface area is 106 Å². The van der Waals surface area contributed by atoms with E-state index in [4.69, 9.17) is 22.7 Å². The molecule has 0 amide bonds. The molecule has 0 spiro atoms. The maximum atomic E-state index is 13.8. The van der Waals surface area contributed by atoms with Gasteiger partial charge < -0.3 is 15.8 Å². The molecule has 0 atom stereocenters. The monoisotopic (exact) mass is 256 g/mol. The van der Waals surface area contributed by atoms with Gasteiger partial charge in [0.15, 0.2) is 0 Å². The number of methoxy groups -OCH3 is 1. The first-order chi connectivity index (χ1) is 7.85. The van der Waals surface area contributed by atoms with Gasteiger partial charge in [-0.1, -0.05) is 12.2 Å². The number of anilines is 1. The molecule has 0 heterocycles. The first-order valence-corrected chi connectivity index (χ1v) is 5.63. The van der Waals surface area contributed by atoms with Crippen LogP contribution in [0, 0.1) is 5.82 Å². The highest BCUT2D eigenvalue weighted by Gasteiger charge is 2.18. The first kappa shape index (κ1) is 13.9. The van der Waals surface area contributed by atoms with Gasteiger partial charge in [0.2, 0.25) is 0 Å². The summed E-state index contributed by atoms with van der Waals surface area (Å²) in [5.41, 5.74) is 6.02. The highest BCUT2D eigenvalue weighted by Crippen LogP contribution is 2.20. The predicted octanol–water partition coefficient (Wildman–Crippen LogP) is 2.30. The normalized spacial score (nSPS) is 11.3. The van der Waals surface area contributed by atoms with Crippen molar-refractivity contribution in [1.82, 2.24) is 0 Å². The fourth-order valence-electron chi connectivity index (χ4n) is 1.53. The van der Waals surface area contributed by atoms with E-state index >= 15 is 0 Å². The number of halogens is 1. The van der Waals surface area contributed by atoms with Crippen LogP contribution in [0.3, 0.4) is 0 Å². The van der Waals surface area contributed by atoms with Gasteiger partial charge in [0.05, 0.1) is 17.8 Å². The maximum Gasteiger partial charge on any atom is 0.147 e. The molecule has 0 radical (unpaired) electrons. The van der Waals surface area contributed by atoms with E-state index in [2.05, 4.69) is 5.32 Å². The average Bonchev–Trinajstić information content (AvgIpc) is 2.20. The average molecular weight is 256 g/mol. The van der Waals surface area contributed by atoms with Crippen molar-refractivity contribution in [2.24, 2.45) is 5.73 Å². The predicted molar refractivity (Wildman–Crippen MR) is 71.9 cm³/mol. The largest absolute Gasteiger partial charge is 0.389 e. The summed E-state index contributed by atoms with van der Waals surface area (Å²) in [7, 11) is 1.61. The Morgan fingerprint density at radius 3 is 2.65 bits per heavy atom. The minimum absolute atomic E-state index is 0.187. The van der Waals surface area contributed by atoms with Gasteiger partial charge in [-0.2, -0.15) is 0 Å². The van der Waals surface area contributed by atoms with E-state index in [1.54, 1.807) is 19.2 Å². The minimum atomic E-state index is -0.375. The summed E-state index contributed by atoms with van der Waals surface area (Å²) in [6.07, 6.45) is 0.